The summed E-state index contributed by atoms with van der Waals surface area (Å²) in [5.41, 5.74) is 1.27. The number of nitrogens with zero attached hydrogens (tertiary/aromatic N) is 3. The first-order valence-electron chi connectivity index (χ1n) is 9.24. The molecule has 2 aromatic rings. The highest BCUT2D eigenvalue weighted by molar-refractivity contribution is 7.11. The second-order valence-corrected chi connectivity index (χ2v) is 8.76. The second-order valence-electron chi connectivity index (χ2n) is 7.39. The summed E-state index contributed by atoms with van der Waals surface area (Å²) in [5.74, 6) is 0.863. The summed E-state index contributed by atoms with van der Waals surface area (Å²) in [5, 5.41) is 7.62. The largest absolute Gasteiger partial charge is 0.356 e. The molecule has 1 atom stereocenters. The van der Waals surface area contributed by atoms with E-state index in [1.807, 2.05) is 17.5 Å². The Morgan fingerprint density at radius 1 is 1.36 bits per heavy atom. The number of rotatable bonds is 7. The van der Waals surface area contributed by atoms with Crippen LogP contribution in [0, 0.1) is 12.8 Å². The predicted molar refractivity (Wildman–Crippen MR) is 99.4 cm³/mol. The van der Waals surface area contributed by atoms with E-state index in [0.29, 0.717) is 18.4 Å². The van der Waals surface area contributed by atoms with Crippen LogP contribution >= 0.6 is 11.3 Å². The van der Waals surface area contributed by atoms with Crippen LogP contribution in [-0.2, 0) is 17.9 Å². The molecule has 1 N–H and O–H groups in total. The van der Waals surface area contributed by atoms with Crippen molar-refractivity contribution in [2.75, 3.05) is 13.1 Å². The molecule has 1 aliphatic carbocycles. The fraction of sp³-hybridized carbons (Fsp3) is 0.579. The van der Waals surface area contributed by atoms with Crippen molar-refractivity contribution in [2.24, 2.45) is 5.92 Å². The van der Waals surface area contributed by atoms with Gasteiger partial charge in [-0.2, -0.15) is 5.10 Å². The number of hydrogen-bond acceptors (Lipinski definition) is 4. The molecule has 4 rings (SSSR count). The number of thiophene rings is 1. The van der Waals surface area contributed by atoms with Crippen molar-refractivity contribution in [2.45, 2.75) is 51.7 Å². The van der Waals surface area contributed by atoms with E-state index in [4.69, 9.17) is 0 Å². The van der Waals surface area contributed by atoms with Crippen molar-refractivity contribution in [3.8, 4) is 0 Å². The van der Waals surface area contributed by atoms with Gasteiger partial charge in [0.15, 0.2) is 0 Å². The Kier molecular flexibility index (Phi) is 4.90. The third-order valence-electron chi connectivity index (χ3n) is 5.10. The topological polar surface area (TPSA) is 50.2 Å². The van der Waals surface area contributed by atoms with Gasteiger partial charge in [-0.25, -0.2) is 0 Å². The van der Waals surface area contributed by atoms with Crippen molar-refractivity contribution in [3.63, 3.8) is 0 Å². The summed E-state index contributed by atoms with van der Waals surface area (Å²) in [6.45, 7) is 5.83. The molecule has 0 radical (unpaired) electrons. The van der Waals surface area contributed by atoms with Crippen LogP contribution in [-0.4, -0.2) is 33.7 Å². The summed E-state index contributed by atoms with van der Waals surface area (Å²) in [6.07, 6.45) is 5.99. The number of carbonyl (C=O) groups is 1. The molecule has 1 saturated carbocycles. The van der Waals surface area contributed by atoms with Gasteiger partial charge in [-0.3, -0.25) is 14.4 Å². The molecule has 0 saturated heterocycles. The molecule has 0 bridgehead atoms. The highest BCUT2D eigenvalue weighted by atomic mass is 32.1. The first-order valence-corrected chi connectivity index (χ1v) is 10.1. The van der Waals surface area contributed by atoms with Crippen molar-refractivity contribution in [1.29, 1.82) is 0 Å². The van der Waals surface area contributed by atoms with Gasteiger partial charge in [0.25, 0.3) is 0 Å². The van der Waals surface area contributed by atoms with Crippen molar-refractivity contribution >= 4 is 17.2 Å². The van der Waals surface area contributed by atoms with Gasteiger partial charge in [0.05, 0.1) is 11.7 Å². The van der Waals surface area contributed by atoms with E-state index in [9.17, 15) is 4.79 Å². The minimum absolute atomic E-state index is 0.213. The van der Waals surface area contributed by atoms with Crippen LogP contribution < -0.4 is 5.32 Å². The van der Waals surface area contributed by atoms with Gasteiger partial charge in [0, 0.05) is 48.6 Å². The number of fused-ring (bicyclic) bond motifs is 1. The van der Waals surface area contributed by atoms with E-state index in [1.54, 1.807) is 0 Å². The van der Waals surface area contributed by atoms with E-state index in [-0.39, 0.29) is 5.91 Å². The normalized spacial score (nSPS) is 20.4. The fourth-order valence-corrected chi connectivity index (χ4v) is 4.56. The molecule has 1 aliphatic heterocycles. The molecule has 0 unspecified atom stereocenters. The van der Waals surface area contributed by atoms with Crippen molar-refractivity contribution < 1.29 is 4.79 Å². The van der Waals surface area contributed by atoms with Crippen LogP contribution in [0.2, 0.25) is 0 Å². The fourth-order valence-electron chi connectivity index (χ4n) is 3.62. The third kappa shape index (κ3) is 4.30. The van der Waals surface area contributed by atoms with Gasteiger partial charge < -0.3 is 5.32 Å². The predicted octanol–water partition coefficient (Wildman–Crippen LogP) is 3.12. The molecular formula is C19H26N4OS. The lowest BCUT2D eigenvalue weighted by Crippen LogP contribution is -2.38. The molecule has 0 spiro atoms. The molecule has 134 valence electrons. The van der Waals surface area contributed by atoms with Gasteiger partial charge >= 0.3 is 0 Å². The smallest absolute Gasteiger partial charge is 0.220 e. The van der Waals surface area contributed by atoms with Gasteiger partial charge in [0.2, 0.25) is 5.91 Å². The van der Waals surface area contributed by atoms with Crippen LogP contribution in [0.15, 0.2) is 24.4 Å². The van der Waals surface area contributed by atoms with Crippen molar-refractivity contribution in [1.82, 2.24) is 20.0 Å². The van der Waals surface area contributed by atoms with E-state index in [1.165, 1.54) is 28.3 Å². The highest BCUT2D eigenvalue weighted by Crippen LogP contribution is 2.32. The Bertz CT molecular complexity index is 733. The van der Waals surface area contributed by atoms with E-state index in [2.05, 4.69) is 45.1 Å². The van der Waals surface area contributed by atoms with E-state index in [0.717, 1.165) is 32.6 Å². The lowest BCUT2D eigenvalue weighted by molar-refractivity contribution is -0.121. The lowest BCUT2D eigenvalue weighted by Gasteiger charge is -2.33. The van der Waals surface area contributed by atoms with Crippen LogP contribution in [0.5, 0.6) is 0 Å². The molecular weight excluding hydrogens is 332 g/mol. The molecule has 0 aromatic carbocycles. The third-order valence-corrected chi connectivity index (χ3v) is 6.08. The lowest BCUT2D eigenvalue weighted by atomic mass is 10.1. The van der Waals surface area contributed by atoms with Gasteiger partial charge in [-0.05, 0) is 50.3 Å². The number of aryl methyl sites for hydroxylation is 1. The molecule has 1 fully saturated rings. The van der Waals surface area contributed by atoms with E-state index < -0.39 is 0 Å². The average molecular weight is 359 g/mol. The maximum atomic E-state index is 11.9. The summed E-state index contributed by atoms with van der Waals surface area (Å²) in [4.78, 5) is 17.2. The molecule has 6 heteroatoms. The first-order chi connectivity index (χ1) is 12.2. The minimum Gasteiger partial charge on any atom is -0.356 e. The summed E-state index contributed by atoms with van der Waals surface area (Å²) >= 11 is 1.88. The summed E-state index contributed by atoms with van der Waals surface area (Å²) in [6, 6.07) is 6.88. The zero-order valence-electron chi connectivity index (χ0n) is 14.8. The molecule has 1 amide bonds. The standard InChI is InChI=1S/C19H26N4OS/c1-14-2-5-18(25-14)13-22-11-16(23-17(12-22)7-9-21-23)6-8-20-19(24)10-15-3-4-15/h2,5,7,9,15-16H,3-4,6,8,10-13H2,1H3,(H,20,24)/t16-/m1/s1. The Balaban J connectivity index is 1.34. The quantitative estimate of drug-likeness (QED) is 0.827. The Labute approximate surface area is 153 Å². The highest BCUT2D eigenvalue weighted by Gasteiger charge is 2.27. The van der Waals surface area contributed by atoms with Crippen LogP contribution in [0.3, 0.4) is 0 Å². The number of nitrogens with one attached hydrogen (secondary N) is 1. The molecule has 5 nitrogen and oxygen atoms in total. The van der Waals surface area contributed by atoms with Gasteiger partial charge in [0.1, 0.15) is 0 Å². The van der Waals surface area contributed by atoms with Gasteiger partial charge in [-0.1, -0.05) is 0 Å². The number of aromatic nitrogens is 2. The summed E-state index contributed by atoms with van der Waals surface area (Å²) < 4.78 is 2.16. The number of hydrogen-bond donors (Lipinski definition) is 1. The Morgan fingerprint density at radius 2 is 2.24 bits per heavy atom. The Morgan fingerprint density at radius 3 is 3.00 bits per heavy atom. The zero-order chi connectivity index (χ0) is 17.2. The molecule has 2 aliphatic rings. The first kappa shape index (κ1) is 16.8. The SMILES string of the molecule is Cc1ccc(CN2Cc3ccnn3[C@H](CCNC(=O)CC3CC3)C2)s1. The minimum atomic E-state index is 0.213. The second kappa shape index (κ2) is 7.30. The van der Waals surface area contributed by atoms with Crippen LogP contribution in [0.25, 0.3) is 0 Å². The summed E-state index contributed by atoms with van der Waals surface area (Å²) in [7, 11) is 0. The maximum Gasteiger partial charge on any atom is 0.220 e. The number of amides is 1. The van der Waals surface area contributed by atoms with Crippen molar-refractivity contribution in [3.05, 3.63) is 39.8 Å². The maximum absolute atomic E-state index is 11.9. The van der Waals surface area contributed by atoms with Crippen LogP contribution in [0.1, 0.15) is 47.2 Å². The molecule has 2 aromatic heterocycles. The zero-order valence-corrected chi connectivity index (χ0v) is 15.6. The van der Waals surface area contributed by atoms with Gasteiger partial charge in [-0.15, -0.1) is 11.3 Å². The monoisotopic (exact) mass is 358 g/mol. The molecule has 3 heterocycles. The number of carbonyl (C=O) groups excluding carboxylic acids is 1. The van der Waals surface area contributed by atoms with E-state index >= 15 is 0 Å². The average Bonchev–Trinajstić information content (AvgIpc) is 3.09. The van der Waals surface area contributed by atoms with Crippen LogP contribution in [0.4, 0.5) is 0 Å². The molecule has 25 heavy (non-hydrogen) atoms. The Hall–Kier alpha value is -1.66.